The van der Waals surface area contributed by atoms with Crippen molar-refractivity contribution in [3.05, 3.63) is 74.5 Å². The minimum atomic E-state index is -0.402. The smallest absolute Gasteiger partial charge is 0.338 e. The first-order valence-electron chi connectivity index (χ1n) is 9.72. The number of hydrogen-bond donors (Lipinski definition) is 1. The Labute approximate surface area is 187 Å². The maximum Gasteiger partial charge on any atom is 0.338 e. The molecule has 0 spiro atoms. The first kappa shape index (κ1) is 22.2. The standard InChI is InChI=1S/C23H20BrN3O4/c1-2-3-10-31-23(30)15-4-7-18(8-5-15)26-21(28)14-27-13-16(12-25)22(29)19-11-17(24)6-9-20(19)27/h4-9,11,13H,2-3,10,14H2,1H3,(H,26,28). The van der Waals surface area contributed by atoms with Gasteiger partial charge in [0.1, 0.15) is 18.2 Å². The van der Waals surface area contributed by atoms with Crippen LogP contribution in [0.25, 0.3) is 10.9 Å². The minimum absolute atomic E-state index is 0.0376. The Balaban J connectivity index is 1.75. The number of aromatic nitrogens is 1. The Hall–Kier alpha value is -3.44. The molecule has 2 aromatic carbocycles. The fourth-order valence-electron chi connectivity index (χ4n) is 3.02. The second-order valence-electron chi connectivity index (χ2n) is 6.89. The van der Waals surface area contributed by atoms with Crippen LogP contribution in [0.1, 0.15) is 35.7 Å². The average molecular weight is 482 g/mol. The van der Waals surface area contributed by atoms with E-state index >= 15 is 0 Å². The largest absolute Gasteiger partial charge is 0.462 e. The molecule has 0 unspecified atom stereocenters. The van der Waals surface area contributed by atoms with Gasteiger partial charge in [-0.3, -0.25) is 9.59 Å². The summed E-state index contributed by atoms with van der Waals surface area (Å²) in [4.78, 5) is 37.0. The van der Waals surface area contributed by atoms with Gasteiger partial charge in [-0.1, -0.05) is 29.3 Å². The van der Waals surface area contributed by atoms with Gasteiger partial charge in [0.2, 0.25) is 11.3 Å². The molecule has 8 heteroatoms. The molecule has 158 valence electrons. The molecule has 0 aliphatic rings. The number of carbonyl (C=O) groups is 2. The fraction of sp³-hybridized carbons (Fsp3) is 0.217. The molecule has 0 aliphatic heterocycles. The molecule has 0 radical (unpaired) electrons. The maximum absolute atomic E-state index is 12.6. The lowest BCUT2D eigenvalue weighted by atomic mass is 10.1. The van der Waals surface area contributed by atoms with Crippen molar-refractivity contribution >= 4 is 44.4 Å². The van der Waals surface area contributed by atoms with E-state index in [1.807, 2.05) is 13.0 Å². The van der Waals surface area contributed by atoms with Gasteiger partial charge in [0, 0.05) is 21.7 Å². The second-order valence-corrected chi connectivity index (χ2v) is 7.80. The van der Waals surface area contributed by atoms with Crippen molar-refractivity contribution in [2.75, 3.05) is 11.9 Å². The third-order valence-corrected chi connectivity index (χ3v) is 5.11. The lowest BCUT2D eigenvalue weighted by Crippen LogP contribution is -2.21. The minimum Gasteiger partial charge on any atom is -0.462 e. The lowest BCUT2D eigenvalue weighted by molar-refractivity contribution is -0.116. The third-order valence-electron chi connectivity index (χ3n) is 4.61. The Morgan fingerprint density at radius 2 is 1.94 bits per heavy atom. The van der Waals surface area contributed by atoms with Gasteiger partial charge in [-0.2, -0.15) is 5.26 Å². The molecule has 0 bridgehead atoms. The van der Waals surface area contributed by atoms with E-state index in [2.05, 4.69) is 21.2 Å². The van der Waals surface area contributed by atoms with Gasteiger partial charge in [0.25, 0.3) is 0 Å². The Morgan fingerprint density at radius 3 is 2.61 bits per heavy atom. The maximum atomic E-state index is 12.6. The molecule has 1 amide bonds. The van der Waals surface area contributed by atoms with Gasteiger partial charge in [-0.15, -0.1) is 0 Å². The molecule has 0 saturated heterocycles. The van der Waals surface area contributed by atoms with Crippen molar-refractivity contribution in [1.29, 1.82) is 5.26 Å². The number of unbranched alkanes of at least 4 members (excludes halogenated alkanes) is 1. The molecular weight excluding hydrogens is 462 g/mol. The highest BCUT2D eigenvalue weighted by atomic mass is 79.9. The summed E-state index contributed by atoms with van der Waals surface area (Å²) in [7, 11) is 0. The highest BCUT2D eigenvalue weighted by Gasteiger charge is 2.13. The van der Waals surface area contributed by atoms with Crippen molar-refractivity contribution in [1.82, 2.24) is 4.57 Å². The van der Waals surface area contributed by atoms with Gasteiger partial charge in [-0.05, 0) is 48.9 Å². The van der Waals surface area contributed by atoms with Crippen LogP contribution < -0.4 is 10.7 Å². The quantitative estimate of drug-likeness (QED) is 0.401. The highest BCUT2D eigenvalue weighted by molar-refractivity contribution is 9.10. The van der Waals surface area contributed by atoms with Crippen LogP contribution in [0, 0.1) is 11.3 Å². The molecule has 3 aromatic rings. The Morgan fingerprint density at radius 1 is 1.19 bits per heavy atom. The zero-order valence-electron chi connectivity index (χ0n) is 16.9. The van der Waals surface area contributed by atoms with Gasteiger partial charge >= 0.3 is 5.97 Å². The van der Waals surface area contributed by atoms with Crippen LogP contribution in [-0.4, -0.2) is 23.1 Å². The van der Waals surface area contributed by atoms with Crippen LogP contribution in [0.2, 0.25) is 0 Å². The molecule has 0 atom stereocenters. The van der Waals surface area contributed by atoms with Crippen molar-refractivity contribution in [3.63, 3.8) is 0 Å². The Bertz CT molecular complexity index is 1230. The molecule has 0 fully saturated rings. The number of nitrogens with zero attached hydrogens (tertiary/aromatic N) is 2. The van der Waals surface area contributed by atoms with E-state index in [0.29, 0.717) is 33.2 Å². The van der Waals surface area contributed by atoms with E-state index in [0.717, 1.165) is 12.8 Å². The average Bonchev–Trinajstić information content (AvgIpc) is 2.76. The van der Waals surface area contributed by atoms with E-state index in [4.69, 9.17) is 4.74 Å². The molecule has 1 heterocycles. The first-order valence-corrected chi connectivity index (χ1v) is 10.5. The summed E-state index contributed by atoms with van der Waals surface area (Å²) < 4.78 is 7.44. The Kier molecular flexibility index (Phi) is 7.21. The monoisotopic (exact) mass is 481 g/mol. The number of nitrogens with one attached hydrogen (secondary N) is 1. The zero-order chi connectivity index (χ0) is 22.4. The topological polar surface area (TPSA) is 101 Å². The molecule has 0 saturated carbocycles. The first-order chi connectivity index (χ1) is 14.9. The number of fused-ring (bicyclic) bond motifs is 1. The van der Waals surface area contributed by atoms with Gasteiger partial charge in [-0.25, -0.2) is 4.79 Å². The van der Waals surface area contributed by atoms with Crippen LogP contribution in [0.5, 0.6) is 0 Å². The van der Waals surface area contributed by atoms with Crippen LogP contribution in [0.4, 0.5) is 5.69 Å². The van der Waals surface area contributed by atoms with Crippen LogP contribution in [0.3, 0.4) is 0 Å². The number of nitriles is 1. The molecule has 31 heavy (non-hydrogen) atoms. The number of anilines is 1. The van der Waals surface area contributed by atoms with E-state index in [1.165, 1.54) is 6.20 Å². The van der Waals surface area contributed by atoms with Crippen molar-refractivity contribution < 1.29 is 14.3 Å². The lowest BCUT2D eigenvalue weighted by Gasteiger charge is -2.12. The number of esters is 1. The van der Waals surface area contributed by atoms with Crippen LogP contribution in [-0.2, 0) is 16.1 Å². The summed E-state index contributed by atoms with van der Waals surface area (Å²) in [6.45, 7) is 2.30. The summed E-state index contributed by atoms with van der Waals surface area (Å²) in [6, 6.07) is 13.4. The summed E-state index contributed by atoms with van der Waals surface area (Å²) >= 11 is 3.32. The number of hydrogen-bond acceptors (Lipinski definition) is 5. The normalized spacial score (nSPS) is 10.5. The number of ether oxygens (including phenoxy) is 1. The zero-order valence-corrected chi connectivity index (χ0v) is 18.4. The fourth-order valence-corrected chi connectivity index (χ4v) is 3.38. The number of benzene rings is 2. The summed E-state index contributed by atoms with van der Waals surface area (Å²) in [6.07, 6.45) is 3.13. The number of pyridine rings is 1. The predicted octanol–water partition coefficient (Wildman–Crippen LogP) is 4.23. The van der Waals surface area contributed by atoms with Crippen molar-refractivity contribution in [2.45, 2.75) is 26.3 Å². The van der Waals surface area contributed by atoms with Gasteiger partial charge in [0.05, 0.1) is 17.7 Å². The summed E-state index contributed by atoms with van der Waals surface area (Å²) in [5.74, 6) is -0.740. The van der Waals surface area contributed by atoms with Crippen molar-refractivity contribution in [2.24, 2.45) is 0 Å². The SMILES string of the molecule is CCCCOC(=O)c1ccc(NC(=O)Cn2cc(C#N)c(=O)c3cc(Br)ccc32)cc1. The molecule has 0 aliphatic carbocycles. The molecule has 1 N–H and O–H groups in total. The highest BCUT2D eigenvalue weighted by Crippen LogP contribution is 2.18. The van der Waals surface area contributed by atoms with E-state index < -0.39 is 5.97 Å². The molecule has 3 rings (SSSR count). The number of rotatable bonds is 7. The van der Waals surface area contributed by atoms with Crippen LogP contribution in [0.15, 0.2) is 57.9 Å². The number of halogens is 1. The summed E-state index contributed by atoms with van der Waals surface area (Å²) in [5, 5.41) is 12.4. The molecule has 7 nitrogen and oxygen atoms in total. The van der Waals surface area contributed by atoms with E-state index in [-0.39, 0.29) is 23.4 Å². The number of carbonyl (C=O) groups excluding carboxylic acids is 2. The number of amides is 1. The summed E-state index contributed by atoms with van der Waals surface area (Å²) in [5.41, 5.74) is 1.06. The third kappa shape index (κ3) is 5.38. The van der Waals surface area contributed by atoms with E-state index in [1.54, 1.807) is 47.0 Å². The second kappa shape index (κ2) is 10.0. The van der Waals surface area contributed by atoms with Crippen LogP contribution >= 0.6 is 15.9 Å². The predicted molar refractivity (Wildman–Crippen MR) is 121 cm³/mol. The van der Waals surface area contributed by atoms with Gasteiger partial charge < -0.3 is 14.6 Å². The van der Waals surface area contributed by atoms with Gasteiger partial charge in [0.15, 0.2) is 0 Å². The van der Waals surface area contributed by atoms with Crippen molar-refractivity contribution in [3.8, 4) is 6.07 Å². The van der Waals surface area contributed by atoms with E-state index in [9.17, 15) is 19.6 Å². The molecular formula is C23H20BrN3O4. The molecule has 1 aromatic heterocycles.